The zero-order chi connectivity index (χ0) is 20.3. The molecular weight excluding hydrogens is 352 g/mol. The molecule has 0 bridgehead atoms. The largest absolute Gasteiger partial charge is 0.461 e. The number of cyclic esters (lactones) is 1. The lowest BCUT2D eigenvalue weighted by atomic mass is 9.65. The maximum absolute atomic E-state index is 12.5. The highest BCUT2D eigenvalue weighted by atomic mass is 16.5. The van der Waals surface area contributed by atoms with Gasteiger partial charge in [-0.3, -0.25) is 4.79 Å². The summed E-state index contributed by atoms with van der Waals surface area (Å²) in [6, 6.07) is 0. The van der Waals surface area contributed by atoms with E-state index in [0.717, 1.165) is 32.1 Å². The molecule has 1 heterocycles. The molecule has 0 N–H and O–H groups in total. The third-order valence-corrected chi connectivity index (χ3v) is 6.64. The lowest BCUT2D eigenvalue weighted by Gasteiger charge is -2.43. The molecule has 0 radical (unpaired) electrons. The molecule has 0 aromatic carbocycles. The molecule has 0 aromatic heterocycles. The molecule has 4 heteroatoms. The summed E-state index contributed by atoms with van der Waals surface area (Å²) in [6.07, 6.45) is 14.5. The van der Waals surface area contributed by atoms with E-state index in [4.69, 9.17) is 9.47 Å². The number of ether oxygens (including phenoxy) is 2. The molecule has 154 valence electrons. The van der Waals surface area contributed by atoms with Crippen molar-refractivity contribution in [2.45, 2.75) is 72.0 Å². The van der Waals surface area contributed by atoms with Gasteiger partial charge in [0.1, 0.15) is 12.2 Å². The van der Waals surface area contributed by atoms with Gasteiger partial charge in [0.25, 0.3) is 0 Å². The van der Waals surface area contributed by atoms with E-state index in [2.05, 4.69) is 32.1 Å². The fourth-order valence-corrected chi connectivity index (χ4v) is 4.78. The van der Waals surface area contributed by atoms with Crippen LogP contribution in [-0.4, -0.2) is 24.1 Å². The van der Waals surface area contributed by atoms with E-state index in [-0.39, 0.29) is 36.0 Å². The standard InChI is InChI=1S/C24H34O4/c1-5-16(3)24(26)28-21-14-15(2)13-18-10-9-17(4)20(23(18)21)12-11-19-7-6-8-22(25)27-19/h6,8-10,13,15-17,19-21,23H,5,7,11-12,14H2,1-4H3/t15-,16-,17-,19+,20-,21-,23+/m0/s1. The SMILES string of the molecule is CC[C@H](C)C(=O)O[C@H]1C[C@@H](C)C=C2C=C[C@H](C)[C@H](CC[C@H]3CC=CC(=O)O3)[C@@H]21. The summed E-state index contributed by atoms with van der Waals surface area (Å²) in [4.78, 5) is 24.1. The molecule has 0 amide bonds. The summed E-state index contributed by atoms with van der Waals surface area (Å²) in [5.74, 6) is 1.07. The van der Waals surface area contributed by atoms with E-state index < -0.39 is 0 Å². The minimum absolute atomic E-state index is 0.0355. The molecule has 0 fully saturated rings. The second-order valence-corrected chi connectivity index (χ2v) is 8.85. The fourth-order valence-electron chi connectivity index (χ4n) is 4.78. The van der Waals surface area contributed by atoms with E-state index >= 15 is 0 Å². The van der Waals surface area contributed by atoms with E-state index in [0.29, 0.717) is 17.8 Å². The number of fused-ring (bicyclic) bond motifs is 1. The molecule has 0 saturated carbocycles. The average Bonchev–Trinajstić information content (AvgIpc) is 2.66. The molecule has 3 rings (SSSR count). The Bertz CT molecular complexity index is 674. The highest BCUT2D eigenvalue weighted by Gasteiger charge is 2.41. The Morgan fingerprint density at radius 2 is 2.07 bits per heavy atom. The monoisotopic (exact) mass is 386 g/mol. The summed E-state index contributed by atoms with van der Waals surface area (Å²) in [6.45, 7) is 8.41. The third-order valence-electron chi connectivity index (χ3n) is 6.64. The van der Waals surface area contributed by atoms with Gasteiger partial charge >= 0.3 is 11.9 Å². The van der Waals surface area contributed by atoms with Gasteiger partial charge in [-0.1, -0.05) is 52.0 Å². The lowest BCUT2D eigenvalue weighted by molar-refractivity contribution is -0.158. The average molecular weight is 387 g/mol. The van der Waals surface area contributed by atoms with E-state index in [1.165, 1.54) is 11.6 Å². The number of hydrogen-bond donors (Lipinski definition) is 0. The zero-order valence-electron chi connectivity index (χ0n) is 17.6. The summed E-state index contributed by atoms with van der Waals surface area (Å²) in [5.41, 5.74) is 1.31. The van der Waals surface area contributed by atoms with Crippen molar-refractivity contribution in [2.75, 3.05) is 0 Å². The Balaban J connectivity index is 1.75. The predicted molar refractivity (Wildman–Crippen MR) is 109 cm³/mol. The lowest BCUT2D eigenvalue weighted by Crippen LogP contribution is -2.41. The van der Waals surface area contributed by atoms with Crippen LogP contribution in [0.4, 0.5) is 0 Å². The first-order chi connectivity index (χ1) is 13.4. The van der Waals surface area contributed by atoms with Crippen molar-refractivity contribution in [2.24, 2.45) is 29.6 Å². The van der Waals surface area contributed by atoms with Gasteiger partial charge in [-0.15, -0.1) is 0 Å². The minimum atomic E-state index is -0.236. The normalized spacial score (nSPS) is 35.6. The van der Waals surface area contributed by atoms with Gasteiger partial charge in [0.2, 0.25) is 0 Å². The molecule has 0 saturated heterocycles. The summed E-state index contributed by atoms with van der Waals surface area (Å²) in [7, 11) is 0. The van der Waals surface area contributed by atoms with Gasteiger partial charge in [-0.25, -0.2) is 4.79 Å². The Morgan fingerprint density at radius 1 is 1.29 bits per heavy atom. The quantitative estimate of drug-likeness (QED) is 0.603. The first-order valence-corrected chi connectivity index (χ1v) is 10.9. The van der Waals surface area contributed by atoms with Crippen LogP contribution >= 0.6 is 0 Å². The van der Waals surface area contributed by atoms with Crippen LogP contribution in [0, 0.1) is 29.6 Å². The van der Waals surface area contributed by atoms with Crippen LogP contribution in [0.25, 0.3) is 0 Å². The van der Waals surface area contributed by atoms with Crippen molar-refractivity contribution in [3.63, 3.8) is 0 Å². The van der Waals surface area contributed by atoms with E-state index in [1.54, 1.807) is 0 Å². The van der Waals surface area contributed by atoms with Gasteiger partial charge < -0.3 is 9.47 Å². The number of esters is 2. The number of hydrogen-bond acceptors (Lipinski definition) is 4. The summed E-state index contributed by atoms with van der Waals surface area (Å²) in [5, 5.41) is 0. The molecule has 28 heavy (non-hydrogen) atoms. The topological polar surface area (TPSA) is 52.6 Å². The smallest absolute Gasteiger partial charge is 0.330 e. The maximum atomic E-state index is 12.5. The first kappa shape index (κ1) is 20.9. The molecule has 0 unspecified atom stereocenters. The van der Waals surface area contributed by atoms with Crippen LogP contribution in [0.5, 0.6) is 0 Å². The van der Waals surface area contributed by atoms with Crippen molar-refractivity contribution < 1.29 is 19.1 Å². The molecule has 1 aliphatic heterocycles. The molecular formula is C24H34O4. The van der Waals surface area contributed by atoms with Gasteiger partial charge in [-0.2, -0.15) is 0 Å². The van der Waals surface area contributed by atoms with Crippen molar-refractivity contribution in [1.29, 1.82) is 0 Å². The first-order valence-electron chi connectivity index (χ1n) is 10.9. The summed E-state index contributed by atoms with van der Waals surface area (Å²) < 4.78 is 11.5. The van der Waals surface area contributed by atoms with Crippen LogP contribution in [0.3, 0.4) is 0 Å². The van der Waals surface area contributed by atoms with Gasteiger partial charge in [0.15, 0.2) is 0 Å². The van der Waals surface area contributed by atoms with Crippen LogP contribution in [0.2, 0.25) is 0 Å². The number of allylic oxidation sites excluding steroid dienone is 3. The van der Waals surface area contributed by atoms with Crippen molar-refractivity contribution >= 4 is 11.9 Å². The second-order valence-electron chi connectivity index (χ2n) is 8.85. The van der Waals surface area contributed by atoms with Gasteiger partial charge in [0, 0.05) is 18.4 Å². The number of carbonyl (C=O) groups excluding carboxylic acids is 2. The Kier molecular flexibility index (Phi) is 6.79. The number of rotatable bonds is 6. The van der Waals surface area contributed by atoms with Gasteiger partial charge in [-0.05, 0) is 49.0 Å². The van der Waals surface area contributed by atoms with Crippen molar-refractivity contribution in [3.05, 3.63) is 36.0 Å². The highest BCUT2D eigenvalue weighted by Crippen LogP contribution is 2.45. The maximum Gasteiger partial charge on any atom is 0.330 e. The van der Waals surface area contributed by atoms with Crippen LogP contribution in [-0.2, 0) is 19.1 Å². The van der Waals surface area contributed by atoms with Crippen molar-refractivity contribution in [1.82, 2.24) is 0 Å². The highest BCUT2D eigenvalue weighted by molar-refractivity contribution is 5.82. The van der Waals surface area contributed by atoms with Crippen molar-refractivity contribution in [3.8, 4) is 0 Å². The Morgan fingerprint density at radius 3 is 2.79 bits per heavy atom. The zero-order valence-corrected chi connectivity index (χ0v) is 17.6. The Labute approximate surface area is 169 Å². The molecule has 7 atom stereocenters. The van der Waals surface area contributed by atoms with Gasteiger partial charge in [0.05, 0.1) is 5.92 Å². The molecule has 3 aliphatic rings. The second kappa shape index (κ2) is 9.11. The molecule has 0 aromatic rings. The van der Waals surface area contributed by atoms with Crippen LogP contribution in [0.1, 0.15) is 59.8 Å². The Hall–Kier alpha value is -1.84. The van der Waals surface area contributed by atoms with E-state index in [9.17, 15) is 9.59 Å². The predicted octanol–water partition coefficient (Wildman–Crippen LogP) is 5.00. The molecule has 0 spiro atoms. The molecule has 2 aliphatic carbocycles. The van der Waals surface area contributed by atoms with Crippen LogP contribution < -0.4 is 0 Å². The van der Waals surface area contributed by atoms with E-state index in [1.807, 2.05) is 19.9 Å². The third kappa shape index (κ3) is 4.76. The van der Waals surface area contributed by atoms with Crippen LogP contribution in [0.15, 0.2) is 36.0 Å². The summed E-state index contributed by atoms with van der Waals surface area (Å²) >= 11 is 0. The fraction of sp³-hybridized carbons (Fsp3) is 0.667. The molecule has 4 nitrogen and oxygen atoms in total. The number of carbonyl (C=O) groups is 2. The minimum Gasteiger partial charge on any atom is -0.461 e.